The van der Waals surface area contributed by atoms with Crippen LogP contribution < -0.4 is 0 Å². The maximum absolute atomic E-state index is 9.36. The van der Waals surface area contributed by atoms with Gasteiger partial charge in [0, 0.05) is 12.3 Å². The van der Waals surface area contributed by atoms with Crippen molar-refractivity contribution in [1.82, 2.24) is 0 Å². The second-order valence-corrected chi connectivity index (χ2v) is 3.51. The molecule has 1 aliphatic carbocycles. The summed E-state index contributed by atoms with van der Waals surface area (Å²) in [5.74, 6) is 1.83. The van der Waals surface area contributed by atoms with E-state index in [2.05, 4.69) is 6.92 Å². The molecule has 0 bridgehead atoms. The van der Waals surface area contributed by atoms with Crippen LogP contribution in [0.2, 0.25) is 0 Å². The number of hydrogen-bond acceptors (Lipinski definition) is 2. The fourth-order valence-electron chi connectivity index (χ4n) is 1.50. The van der Waals surface area contributed by atoms with Gasteiger partial charge in [-0.1, -0.05) is 6.92 Å². The number of aliphatic hydroxyl groups excluding tert-OH is 1. The molecule has 0 aliphatic heterocycles. The van der Waals surface area contributed by atoms with Crippen LogP contribution in [0.1, 0.15) is 26.7 Å². The Hall–Kier alpha value is -0.190. The van der Waals surface area contributed by atoms with Gasteiger partial charge in [-0.05, 0) is 25.0 Å². The Kier molecular flexibility index (Phi) is 3.43. The van der Waals surface area contributed by atoms with Gasteiger partial charge in [-0.25, -0.2) is 0 Å². The quantitative estimate of drug-likeness (QED) is 0.784. The Labute approximate surface area is 87.0 Å². The molecule has 0 spiro atoms. The van der Waals surface area contributed by atoms with Crippen LogP contribution in [-0.2, 0) is 3.07 Å². The molecule has 2 nitrogen and oxygen atoms in total. The molecule has 0 aromatic heterocycles. The zero-order valence-corrected chi connectivity index (χ0v) is 9.46. The van der Waals surface area contributed by atoms with Crippen molar-refractivity contribution >= 4 is 23.0 Å². The summed E-state index contributed by atoms with van der Waals surface area (Å²) in [7, 11) is 0. The van der Waals surface area contributed by atoms with Crippen LogP contribution in [0, 0.1) is 5.92 Å². The van der Waals surface area contributed by atoms with Crippen LogP contribution in [0.5, 0.6) is 0 Å². The summed E-state index contributed by atoms with van der Waals surface area (Å²) >= 11 is 1.90. The van der Waals surface area contributed by atoms with Crippen LogP contribution in [0.15, 0.2) is 23.2 Å². The van der Waals surface area contributed by atoms with Gasteiger partial charge < -0.3 is 8.17 Å². The predicted octanol–water partition coefficient (Wildman–Crippen LogP) is 3.50. The number of allylic oxidation sites excluding steroid dienone is 4. The molecule has 0 saturated heterocycles. The van der Waals surface area contributed by atoms with Crippen LogP contribution in [0.4, 0.5) is 0 Å². The molecular formula is C9H13IO2. The van der Waals surface area contributed by atoms with Gasteiger partial charge >= 0.3 is 0 Å². The molecule has 1 unspecified atom stereocenters. The summed E-state index contributed by atoms with van der Waals surface area (Å²) in [6.45, 7) is 4.07. The minimum atomic E-state index is 0.354. The highest BCUT2D eigenvalue weighted by Gasteiger charge is 2.21. The maximum Gasteiger partial charge on any atom is 0.192 e. The van der Waals surface area contributed by atoms with Crippen molar-refractivity contribution in [2.45, 2.75) is 26.7 Å². The smallest absolute Gasteiger partial charge is 0.192 e. The summed E-state index contributed by atoms with van der Waals surface area (Å²) in [5.41, 5.74) is 1.04. The summed E-state index contributed by atoms with van der Waals surface area (Å²) in [5, 5.41) is 9.36. The van der Waals surface area contributed by atoms with E-state index in [4.69, 9.17) is 3.07 Å². The topological polar surface area (TPSA) is 29.5 Å². The van der Waals surface area contributed by atoms with Gasteiger partial charge in [-0.15, -0.1) is 0 Å². The Balaban J connectivity index is 2.91. The first-order chi connectivity index (χ1) is 5.69. The lowest BCUT2D eigenvalue weighted by atomic mass is 9.91. The summed E-state index contributed by atoms with van der Waals surface area (Å²) in [6, 6.07) is 0. The van der Waals surface area contributed by atoms with Crippen molar-refractivity contribution in [2.24, 2.45) is 5.92 Å². The summed E-state index contributed by atoms with van der Waals surface area (Å²) in [4.78, 5) is 0. The lowest BCUT2D eigenvalue weighted by molar-refractivity contribution is 0.319. The third-order valence-corrected chi connectivity index (χ3v) is 2.65. The van der Waals surface area contributed by atoms with Crippen LogP contribution in [0.25, 0.3) is 0 Å². The predicted molar refractivity (Wildman–Crippen MR) is 56.9 cm³/mol. The number of halogens is 1. The molecule has 0 amide bonds. The summed E-state index contributed by atoms with van der Waals surface area (Å²) < 4.78 is 5.25. The van der Waals surface area contributed by atoms with E-state index in [-0.39, 0.29) is 0 Å². The van der Waals surface area contributed by atoms with Crippen molar-refractivity contribution in [2.75, 3.05) is 0 Å². The molecule has 0 radical (unpaired) electrons. The molecule has 1 rings (SSSR count). The minimum Gasteiger partial charge on any atom is -0.512 e. The second kappa shape index (κ2) is 4.16. The van der Waals surface area contributed by atoms with Crippen molar-refractivity contribution in [3.63, 3.8) is 0 Å². The van der Waals surface area contributed by atoms with Crippen molar-refractivity contribution in [3.05, 3.63) is 23.2 Å². The monoisotopic (exact) mass is 280 g/mol. The SMILES string of the molecule is CCC1CC(O)=CC(C)=C1OI. The second-order valence-electron chi connectivity index (χ2n) is 3.07. The first kappa shape index (κ1) is 9.89. The minimum absolute atomic E-state index is 0.354. The zero-order valence-electron chi connectivity index (χ0n) is 7.30. The number of hydrogen-bond donors (Lipinski definition) is 1. The van der Waals surface area contributed by atoms with Gasteiger partial charge in [0.1, 0.15) is 5.76 Å². The lowest BCUT2D eigenvalue weighted by Gasteiger charge is -2.21. The molecule has 0 aromatic carbocycles. The highest BCUT2D eigenvalue weighted by Crippen LogP contribution is 2.32. The molecule has 0 aromatic rings. The van der Waals surface area contributed by atoms with E-state index in [1.165, 1.54) is 0 Å². The van der Waals surface area contributed by atoms with Gasteiger partial charge in [-0.3, -0.25) is 0 Å². The third-order valence-electron chi connectivity index (χ3n) is 2.17. The van der Waals surface area contributed by atoms with E-state index >= 15 is 0 Å². The first-order valence-electron chi connectivity index (χ1n) is 4.08. The molecule has 68 valence electrons. The molecule has 1 N–H and O–H groups in total. The molecular weight excluding hydrogens is 267 g/mol. The van der Waals surface area contributed by atoms with E-state index in [9.17, 15) is 5.11 Å². The first-order valence-corrected chi connectivity index (χ1v) is 4.96. The normalized spacial score (nSPS) is 23.9. The molecule has 1 aliphatic rings. The van der Waals surface area contributed by atoms with E-state index in [1.807, 2.05) is 29.9 Å². The molecule has 1 atom stereocenters. The number of aliphatic hydroxyl groups is 1. The van der Waals surface area contributed by atoms with Gasteiger partial charge in [0.25, 0.3) is 0 Å². The lowest BCUT2D eigenvalue weighted by Crippen LogP contribution is -2.10. The van der Waals surface area contributed by atoms with Crippen LogP contribution in [-0.4, -0.2) is 5.11 Å². The van der Waals surface area contributed by atoms with Crippen LogP contribution in [0.3, 0.4) is 0 Å². The van der Waals surface area contributed by atoms with E-state index in [0.717, 1.165) is 17.8 Å². The van der Waals surface area contributed by atoms with Gasteiger partial charge in [-0.2, -0.15) is 0 Å². The standard InChI is InChI=1S/C9H13IO2/c1-3-7-5-8(11)4-6(2)9(7)12-10/h4,7,11H,3,5H2,1-2H3. The molecule has 0 fully saturated rings. The van der Waals surface area contributed by atoms with Crippen LogP contribution >= 0.6 is 23.0 Å². The Bertz CT molecular complexity index is 231. The Morgan fingerprint density at radius 2 is 2.42 bits per heavy atom. The summed E-state index contributed by atoms with van der Waals surface area (Å²) in [6.07, 6.45) is 3.50. The van der Waals surface area contributed by atoms with Crippen molar-refractivity contribution in [1.29, 1.82) is 0 Å². The third kappa shape index (κ3) is 1.94. The highest BCUT2D eigenvalue weighted by atomic mass is 127. The Morgan fingerprint density at radius 1 is 1.75 bits per heavy atom. The highest BCUT2D eigenvalue weighted by molar-refractivity contribution is 14.1. The Morgan fingerprint density at radius 3 is 2.92 bits per heavy atom. The van der Waals surface area contributed by atoms with Gasteiger partial charge in [0.15, 0.2) is 23.0 Å². The van der Waals surface area contributed by atoms with E-state index in [1.54, 1.807) is 6.08 Å². The number of rotatable bonds is 2. The van der Waals surface area contributed by atoms with Gasteiger partial charge in [0.05, 0.1) is 5.76 Å². The van der Waals surface area contributed by atoms with Crippen molar-refractivity contribution in [3.8, 4) is 0 Å². The average molecular weight is 280 g/mol. The zero-order chi connectivity index (χ0) is 9.14. The fraction of sp³-hybridized carbons (Fsp3) is 0.556. The average Bonchev–Trinajstić information content (AvgIpc) is 2.03. The fourth-order valence-corrected chi connectivity index (χ4v) is 2.21. The molecule has 3 heteroatoms. The van der Waals surface area contributed by atoms with E-state index < -0.39 is 0 Å². The molecule has 12 heavy (non-hydrogen) atoms. The largest absolute Gasteiger partial charge is 0.512 e. The van der Waals surface area contributed by atoms with Crippen molar-refractivity contribution < 1.29 is 8.17 Å². The van der Waals surface area contributed by atoms with E-state index in [0.29, 0.717) is 18.1 Å². The maximum atomic E-state index is 9.36. The molecule has 0 heterocycles. The van der Waals surface area contributed by atoms with Gasteiger partial charge in [0.2, 0.25) is 0 Å². The molecule has 0 saturated carbocycles.